The van der Waals surface area contributed by atoms with E-state index in [4.69, 9.17) is 65.4 Å². The number of cyclic esters (lactones) is 1. The van der Waals surface area contributed by atoms with Gasteiger partial charge in [-0.15, -0.1) is 0 Å². The Hall–Kier alpha value is -1.73. The number of benzene rings is 2. The maximum atomic E-state index is 12.7. The van der Waals surface area contributed by atoms with Crippen LogP contribution in [-0.2, 0) is 11.2 Å². The first kappa shape index (κ1) is 23.9. The Labute approximate surface area is 199 Å². The van der Waals surface area contributed by atoms with Gasteiger partial charge in [-0.25, -0.2) is 4.79 Å². The van der Waals surface area contributed by atoms with Crippen molar-refractivity contribution in [2.45, 2.75) is 39.2 Å². The second-order valence-corrected chi connectivity index (χ2v) is 8.26. The van der Waals surface area contributed by atoms with Crippen LogP contribution in [0, 0.1) is 0 Å². The van der Waals surface area contributed by atoms with E-state index in [-0.39, 0.29) is 48.7 Å². The SMILES string of the molecule is CCCc1c(Cl)c(OC)c(Cl)c(OC)c1Oc1c(Cl)c(O)c(Cl)c2c1C(=O)OC2CC. The fraction of sp³-hybridized carbons (Fsp3) is 0.381. The maximum Gasteiger partial charge on any atom is 0.343 e. The van der Waals surface area contributed by atoms with E-state index in [0.717, 1.165) is 0 Å². The smallest absolute Gasteiger partial charge is 0.343 e. The first-order valence-electron chi connectivity index (χ1n) is 9.47. The lowest BCUT2D eigenvalue weighted by atomic mass is 10.0. The standard InChI is InChI=1S/C21H20Cl4O6/c1-5-7-8-12(22)19(28-3)15(25)20(29-4)17(8)31-18-11-10(9(6-2)30-21(11)27)13(23)16(26)14(18)24/h9,26H,5-7H2,1-4H3. The first-order chi connectivity index (χ1) is 14.7. The van der Waals surface area contributed by atoms with Gasteiger partial charge in [-0.05, 0) is 12.8 Å². The monoisotopic (exact) mass is 508 g/mol. The summed E-state index contributed by atoms with van der Waals surface area (Å²) in [4.78, 5) is 12.7. The zero-order chi connectivity index (χ0) is 23.0. The van der Waals surface area contributed by atoms with Crippen LogP contribution in [0.5, 0.6) is 28.7 Å². The van der Waals surface area contributed by atoms with Gasteiger partial charge in [-0.2, -0.15) is 0 Å². The minimum Gasteiger partial charge on any atom is -0.505 e. The van der Waals surface area contributed by atoms with Gasteiger partial charge in [0.25, 0.3) is 0 Å². The van der Waals surface area contributed by atoms with Crippen molar-refractivity contribution in [3.63, 3.8) is 0 Å². The van der Waals surface area contributed by atoms with Crippen molar-refractivity contribution < 1.29 is 28.8 Å². The number of rotatable bonds is 7. The third kappa shape index (κ3) is 3.84. The Balaban J connectivity index is 2.33. The summed E-state index contributed by atoms with van der Waals surface area (Å²) in [6.45, 7) is 3.77. The molecule has 1 aliphatic heterocycles. The summed E-state index contributed by atoms with van der Waals surface area (Å²) in [6.07, 6.45) is 1.01. The van der Waals surface area contributed by atoms with E-state index in [2.05, 4.69) is 0 Å². The van der Waals surface area contributed by atoms with Gasteiger partial charge in [0.15, 0.2) is 28.7 Å². The van der Waals surface area contributed by atoms with Gasteiger partial charge in [0.1, 0.15) is 21.7 Å². The number of halogens is 4. The third-order valence-electron chi connectivity index (χ3n) is 4.95. The molecule has 1 unspecified atom stereocenters. The van der Waals surface area contributed by atoms with E-state index in [9.17, 15) is 9.90 Å². The summed E-state index contributed by atoms with van der Waals surface area (Å²) in [5.41, 5.74) is 0.889. The lowest BCUT2D eigenvalue weighted by Crippen LogP contribution is -2.04. The Bertz CT molecular complexity index is 1050. The molecule has 0 aliphatic carbocycles. The summed E-state index contributed by atoms with van der Waals surface area (Å²) < 4.78 is 22.3. The maximum absolute atomic E-state index is 12.7. The third-order valence-corrected chi connectivity index (χ3v) is 6.43. The van der Waals surface area contributed by atoms with Gasteiger partial charge >= 0.3 is 5.97 Å². The average molecular weight is 510 g/mol. The number of esters is 1. The molecule has 6 nitrogen and oxygen atoms in total. The van der Waals surface area contributed by atoms with Gasteiger partial charge in [0, 0.05) is 11.1 Å². The molecule has 1 N–H and O–H groups in total. The summed E-state index contributed by atoms with van der Waals surface area (Å²) >= 11 is 25.6. The molecule has 0 spiro atoms. The molecular formula is C21H20Cl4O6. The van der Waals surface area contributed by atoms with Gasteiger partial charge in [-0.1, -0.05) is 66.7 Å². The van der Waals surface area contributed by atoms with Gasteiger partial charge in [0.05, 0.1) is 24.3 Å². The number of hydrogen-bond donors (Lipinski definition) is 1. The van der Waals surface area contributed by atoms with Crippen molar-refractivity contribution in [1.82, 2.24) is 0 Å². The molecule has 1 heterocycles. The topological polar surface area (TPSA) is 74.2 Å². The van der Waals surface area contributed by atoms with Crippen LogP contribution in [0.2, 0.25) is 20.1 Å². The molecule has 31 heavy (non-hydrogen) atoms. The van der Waals surface area contributed by atoms with Gasteiger partial charge in [-0.3, -0.25) is 0 Å². The minimum atomic E-state index is -0.664. The number of methoxy groups -OCH3 is 2. The molecule has 0 bridgehead atoms. The van der Waals surface area contributed by atoms with Gasteiger partial charge < -0.3 is 24.1 Å². The quantitative estimate of drug-likeness (QED) is 0.392. The van der Waals surface area contributed by atoms with Crippen LogP contribution in [0.1, 0.15) is 54.3 Å². The van der Waals surface area contributed by atoms with Crippen LogP contribution in [0.4, 0.5) is 0 Å². The molecule has 0 amide bonds. The molecule has 1 aliphatic rings. The molecule has 0 saturated heterocycles. The number of phenolic OH excluding ortho intramolecular Hbond substituents is 1. The van der Waals surface area contributed by atoms with Crippen LogP contribution in [0.15, 0.2) is 0 Å². The number of phenols is 1. The zero-order valence-electron chi connectivity index (χ0n) is 17.2. The fourth-order valence-electron chi connectivity index (χ4n) is 3.53. The van der Waals surface area contributed by atoms with E-state index in [1.807, 2.05) is 13.8 Å². The number of ether oxygens (including phenoxy) is 4. The molecular weight excluding hydrogens is 490 g/mol. The lowest BCUT2D eigenvalue weighted by molar-refractivity contribution is 0.0377. The van der Waals surface area contributed by atoms with E-state index in [0.29, 0.717) is 30.4 Å². The molecule has 0 saturated carbocycles. The number of carbonyl (C=O) groups is 1. The Morgan fingerprint density at radius 3 is 2.10 bits per heavy atom. The lowest BCUT2D eigenvalue weighted by Gasteiger charge is -2.21. The normalized spacial score (nSPS) is 15.0. The number of aromatic hydroxyl groups is 1. The number of carbonyl (C=O) groups excluding carboxylic acids is 1. The predicted octanol–water partition coefficient (Wildman–Crippen LogP) is 7.39. The molecule has 10 heteroatoms. The molecule has 0 aromatic heterocycles. The van der Waals surface area contributed by atoms with E-state index >= 15 is 0 Å². The molecule has 2 aromatic carbocycles. The number of hydrogen-bond acceptors (Lipinski definition) is 6. The largest absolute Gasteiger partial charge is 0.505 e. The second-order valence-electron chi connectivity index (χ2n) is 6.75. The van der Waals surface area contributed by atoms with Crippen molar-refractivity contribution in [1.29, 1.82) is 0 Å². The Kier molecular flexibility index (Phi) is 7.26. The summed E-state index contributed by atoms with van der Waals surface area (Å²) in [5.74, 6) is -0.676. The number of fused-ring (bicyclic) bond motifs is 1. The predicted molar refractivity (Wildman–Crippen MR) is 120 cm³/mol. The average Bonchev–Trinajstić information content (AvgIpc) is 3.08. The van der Waals surface area contributed by atoms with Crippen LogP contribution in [0.25, 0.3) is 0 Å². The van der Waals surface area contributed by atoms with Crippen molar-refractivity contribution in [3.8, 4) is 28.7 Å². The Morgan fingerprint density at radius 2 is 1.55 bits per heavy atom. The van der Waals surface area contributed by atoms with Crippen molar-refractivity contribution in [2.24, 2.45) is 0 Å². The van der Waals surface area contributed by atoms with E-state index in [1.165, 1.54) is 14.2 Å². The molecule has 2 aromatic rings. The van der Waals surface area contributed by atoms with Crippen molar-refractivity contribution in [3.05, 3.63) is 36.8 Å². The highest BCUT2D eigenvalue weighted by Gasteiger charge is 2.40. The molecule has 0 radical (unpaired) electrons. The van der Waals surface area contributed by atoms with Gasteiger partial charge in [0.2, 0.25) is 0 Å². The molecule has 0 fully saturated rings. The van der Waals surface area contributed by atoms with Crippen LogP contribution in [-0.4, -0.2) is 25.3 Å². The van der Waals surface area contributed by atoms with Crippen LogP contribution in [0.3, 0.4) is 0 Å². The molecule has 1 atom stereocenters. The Morgan fingerprint density at radius 1 is 0.903 bits per heavy atom. The fourth-order valence-corrected chi connectivity index (χ4v) is 4.85. The zero-order valence-corrected chi connectivity index (χ0v) is 20.2. The van der Waals surface area contributed by atoms with Crippen molar-refractivity contribution in [2.75, 3.05) is 14.2 Å². The second kappa shape index (κ2) is 9.41. The summed E-state index contributed by atoms with van der Waals surface area (Å²) in [5, 5.41) is 10.5. The summed E-state index contributed by atoms with van der Waals surface area (Å²) in [6, 6.07) is 0. The highest BCUT2D eigenvalue weighted by atomic mass is 35.5. The summed E-state index contributed by atoms with van der Waals surface area (Å²) in [7, 11) is 2.84. The van der Waals surface area contributed by atoms with Crippen LogP contribution < -0.4 is 14.2 Å². The molecule has 168 valence electrons. The van der Waals surface area contributed by atoms with E-state index in [1.54, 1.807) is 0 Å². The van der Waals surface area contributed by atoms with Crippen molar-refractivity contribution >= 4 is 52.4 Å². The highest BCUT2D eigenvalue weighted by molar-refractivity contribution is 6.40. The van der Waals surface area contributed by atoms with E-state index < -0.39 is 17.8 Å². The molecule has 3 rings (SSSR count). The first-order valence-corrected chi connectivity index (χ1v) is 11.0. The van der Waals surface area contributed by atoms with Crippen LogP contribution >= 0.6 is 46.4 Å². The highest BCUT2D eigenvalue weighted by Crippen LogP contribution is 2.56. The minimum absolute atomic E-state index is 0.0345.